The lowest BCUT2D eigenvalue weighted by Gasteiger charge is -2.22. The lowest BCUT2D eigenvalue weighted by molar-refractivity contribution is -0.384. The Bertz CT molecular complexity index is 1070. The molecule has 0 aliphatic carbocycles. The zero-order valence-electron chi connectivity index (χ0n) is 14.9. The molecule has 0 radical (unpaired) electrons. The van der Waals surface area contributed by atoms with Gasteiger partial charge in [0.1, 0.15) is 17.9 Å². The van der Waals surface area contributed by atoms with Gasteiger partial charge in [-0.2, -0.15) is 5.10 Å². The average Bonchev–Trinajstić information content (AvgIpc) is 2.73. The van der Waals surface area contributed by atoms with Crippen molar-refractivity contribution >= 4 is 23.0 Å². The second-order valence-corrected chi connectivity index (χ2v) is 6.12. The third-order valence-electron chi connectivity index (χ3n) is 4.14. The van der Waals surface area contributed by atoms with Gasteiger partial charge in [0.05, 0.1) is 27.9 Å². The Labute approximate surface area is 163 Å². The van der Waals surface area contributed by atoms with Gasteiger partial charge in [0, 0.05) is 12.1 Å². The molecule has 3 unspecified atom stereocenters. The summed E-state index contributed by atoms with van der Waals surface area (Å²) < 4.78 is 0. The third-order valence-corrected chi connectivity index (χ3v) is 4.14. The first-order chi connectivity index (χ1) is 13.9. The molecule has 0 spiro atoms. The molecule has 11 heteroatoms. The van der Waals surface area contributed by atoms with Crippen LogP contribution in [0.4, 0.5) is 11.4 Å². The van der Waals surface area contributed by atoms with Crippen molar-refractivity contribution in [3.8, 4) is 0 Å². The van der Waals surface area contributed by atoms with Gasteiger partial charge in [0.15, 0.2) is 6.04 Å². The van der Waals surface area contributed by atoms with Crippen LogP contribution in [0.1, 0.15) is 0 Å². The van der Waals surface area contributed by atoms with Crippen LogP contribution >= 0.6 is 0 Å². The zero-order chi connectivity index (χ0) is 21.0. The van der Waals surface area contributed by atoms with E-state index < -0.39 is 35.7 Å². The van der Waals surface area contributed by atoms with Gasteiger partial charge in [-0.05, 0) is 24.3 Å². The number of anilines is 1. The fourth-order valence-electron chi connectivity index (χ4n) is 2.61. The zero-order valence-corrected chi connectivity index (χ0v) is 14.9. The number of nitro benzene ring substituents is 1. The number of nitrogens with zero attached hydrogens (tertiary/aromatic N) is 4. The molecule has 0 fully saturated rings. The predicted octanol–water partition coefficient (Wildman–Crippen LogP) is -1.08. The molecule has 1 amide bonds. The van der Waals surface area contributed by atoms with Crippen LogP contribution in [0.25, 0.3) is 0 Å². The van der Waals surface area contributed by atoms with Crippen molar-refractivity contribution < 1.29 is 25.0 Å². The summed E-state index contributed by atoms with van der Waals surface area (Å²) in [4.78, 5) is 30.8. The van der Waals surface area contributed by atoms with Crippen molar-refractivity contribution in [1.29, 1.82) is 0 Å². The second kappa shape index (κ2) is 8.65. The molecule has 4 N–H and O–H groups in total. The summed E-state index contributed by atoms with van der Waals surface area (Å²) in [6.07, 6.45) is -3.31. The largest absolute Gasteiger partial charge is 0.394 e. The lowest BCUT2D eigenvalue weighted by atomic mass is 10.0. The number of fused-ring (bicyclic) bond motifs is 1. The number of non-ortho nitro benzene ring substituents is 1. The average molecular weight is 399 g/mol. The van der Waals surface area contributed by atoms with Crippen LogP contribution < -0.4 is 16.1 Å². The molecule has 1 aliphatic rings. The SMILES string of the molecule is O=C1N=c2ccccc2=NC1/C(=N\Nc1ccc([N+](=O)[O-])cc1)C(O)C(O)CO. The number of benzene rings is 2. The number of hydrogen-bond acceptors (Lipinski definition) is 9. The highest BCUT2D eigenvalue weighted by Gasteiger charge is 2.34. The highest BCUT2D eigenvalue weighted by atomic mass is 16.6. The minimum absolute atomic E-state index is 0.122. The number of carbonyl (C=O) groups excluding carboxylic acids is 1. The molecular formula is C18H17N5O6. The van der Waals surface area contributed by atoms with Crippen LogP contribution in [0.15, 0.2) is 63.6 Å². The molecule has 3 rings (SSSR count). The van der Waals surface area contributed by atoms with E-state index >= 15 is 0 Å². The molecular weight excluding hydrogens is 382 g/mol. The quantitative estimate of drug-likeness (QED) is 0.261. The predicted molar refractivity (Wildman–Crippen MR) is 101 cm³/mol. The van der Waals surface area contributed by atoms with E-state index in [4.69, 9.17) is 5.11 Å². The Kier molecular flexibility index (Phi) is 6.02. The number of rotatable bonds is 7. The van der Waals surface area contributed by atoms with Gasteiger partial charge >= 0.3 is 0 Å². The summed E-state index contributed by atoms with van der Waals surface area (Å²) >= 11 is 0. The van der Waals surface area contributed by atoms with Crippen LogP contribution in [0.5, 0.6) is 0 Å². The van der Waals surface area contributed by atoms with Gasteiger partial charge in [-0.15, -0.1) is 0 Å². The van der Waals surface area contributed by atoms with Gasteiger partial charge in [0.25, 0.3) is 11.6 Å². The number of hydrogen-bond donors (Lipinski definition) is 4. The molecule has 1 aliphatic heterocycles. The molecule has 0 saturated heterocycles. The summed E-state index contributed by atoms with van der Waals surface area (Å²) in [6, 6.07) is 10.6. The van der Waals surface area contributed by atoms with Crippen LogP contribution in [0.2, 0.25) is 0 Å². The Morgan fingerprint density at radius 2 is 1.83 bits per heavy atom. The molecule has 0 aromatic heterocycles. The van der Waals surface area contributed by atoms with Crippen molar-refractivity contribution in [2.75, 3.05) is 12.0 Å². The molecule has 150 valence electrons. The minimum Gasteiger partial charge on any atom is -0.394 e. The highest BCUT2D eigenvalue weighted by Crippen LogP contribution is 2.16. The van der Waals surface area contributed by atoms with E-state index in [-0.39, 0.29) is 11.4 Å². The molecule has 0 saturated carbocycles. The van der Waals surface area contributed by atoms with Crippen molar-refractivity contribution in [1.82, 2.24) is 0 Å². The summed E-state index contributed by atoms with van der Waals surface area (Å²) in [5, 5.41) is 44.9. The second-order valence-electron chi connectivity index (χ2n) is 6.12. The van der Waals surface area contributed by atoms with Crippen LogP contribution in [-0.2, 0) is 4.79 Å². The third kappa shape index (κ3) is 4.48. The van der Waals surface area contributed by atoms with Crippen molar-refractivity contribution in [2.45, 2.75) is 18.2 Å². The van der Waals surface area contributed by atoms with Gasteiger partial charge in [-0.25, -0.2) is 4.99 Å². The van der Waals surface area contributed by atoms with E-state index in [1.54, 1.807) is 24.3 Å². The Balaban J connectivity index is 1.96. The van der Waals surface area contributed by atoms with Gasteiger partial charge in [-0.1, -0.05) is 12.1 Å². The smallest absolute Gasteiger partial charge is 0.277 e. The van der Waals surface area contributed by atoms with E-state index in [2.05, 4.69) is 20.5 Å². The lowest BCUT2D eigenvalue weighted by Crippen LogP contribution is -2.48. The topological polar surface area (TPSA) is 170 Å². The summed E-state index contributed by atoms with van der Waals surface area (Å²) in [6.45, 7) is -0.771. The monoisotopic (exact) mass is 399 g/mol. The fraction of sp³-hybridized carbons (Fsp3) is 0.222. The number of amides is 1. The molecule has 1 heterocycles. The Morgan fingerprint density at radius 3 is 2.45 bits per heavy atom. The highest BCUT2D eigenvalue weighted by molar-refractivity contribution is 6.11. The number of aliphatic hydroxyl groups excluding tert-OH is 3. The van der Waals surface area contributed by atoms with E-state index in [0.29, 0.717) is 16.4 Å². The van der Waals surface area contributed by atoms with Crippen LogP contribution in [0.3, 0.4) is 0 Å². The summed E-state index contributed by atoms with van der Waals surface area (Å²) in [5.74, 6) is -0.697. The van der Waals surface area contributed by atoms with Crippen molar-refractivity contribution in [3.63, 3.8) is 0 Å². The maximum Gasteiger partial charge on any atom is 0.277 e. The first-order valence-electron chi connectivity index (χ1n) is 8.51. The number of aliphatic hydroxyl groups is 3. The molecule has 0 bridgehead atoms. The van der Waals surface area contributed by atoms with Gasteiger partial charge in [-0.3, -0.25) is 25.3 Å². The summed E-state index contributed by atoms with van der Waals surface area (Å²) in [5.41, 5.74) is 2.53. The van der Waals surface area contributed by atoms with E-state index in [1.165, 1.54) is 24.3 Å². The standard InChI is InChI=1S/C18H17N5O6/c24-9-14(25)17(26)15(22-21-10-5-7-11(8-6-10)23(28)29)16-18(27)20-13-4-2-1-3-12(13)19-16/h1-8,14,16-17,21,24-26H,9H2/b22-15+. The molecule has 29 heavy (non-hydrogen) atoms. The normalized spacial score (nSPS) is 18.1. The van der Waals surface area contributed by atoms with Crippen molar-refractivity contribution in [2.24, 2.45) is 15.1 Å². The van der Waals surface area contributed by atoms with Gasteiger partial charge < -0.3 is 15.3 Å². The molecule has 2 aromatic rings. The van der Waals surface area contributed by atoms with E-state index in [1.807, 2.05) is 0 Å². The van der Waals surface area contributed by atoms with Gasteiger partial charge in [0.2, 0.25) is 0 Å². The Morgan fingerprint density at radius 1 is 1.17 bits per heavy atom. The van der Waals surface area contributed by atoms with E-state index in [0.717, 1.165) is 0 Å². The number of para-hydroxylation sites is 2. The van der Waals surface area contributed by atoms with Crippen LogP contribution in [0, 0.1) is 10.1 Å². The number of nitrogens with one attached hydrogen (secondary N) is 1. The summed E-state index contributed by atoms with van der Waals surface area (Å²) in [7, 11) is 0. The maximum absolute atomic E-state index is 12.4. The van der Waals surface area contributed by atoms with Crippen LogP contribution in [-0.4, -0.2) is 56.7 Å². The first kappa shape index (κ1) is 20.2. The number of nitro groups is 1. The molecule has 11 nitrogen and oxygen atoms in total. The number of carbonyl (C=O) groups is 1. The molecule has 2 aromatic carbocycles. The van der Waals surface area contributed by atoms with E-state index in [9.17, 15) is 25.1 Å². The number of hydrazone groups is 1. The van der Waals surface area contributed by atoms with Crippen molar-refractivity contribution in [3.05, 3.63) is 69.4 Å². The fourth-order valence-corrected chi connectivity index (χ4v) is 2.61. The minimum atomic E-state index is -1.70. The maximum atomic E-state index is 12.4. The Hall–Kier alpha value is -3.54. The molecule has 3 atom stereocenters. The first-order valence-corrected chi connectivity index (χ1v) is 8.51.